The average Bonchev–Trinajstić information content (AvgIpc) is 3.47. The number of carbonyl (C=O) groups excluding carboxylic acids is 1. The van der Waals surface area contributed by atoms with E-state index < -0.39 is 6.10 Å². The van der Waals surface area contributed by atoms with Crippen LogP contribution >= 0.6 is 0 Å². The zero-order valence-electron chi connectivity index (χ0n) is 16.3. The maximum absolute atomic E-state index is 12.3. The Kier molecular flexibility index (Phi) is 5.20. The Morgan fingerprint density at radius 3 is 2.69 bits per heavy atom. The van der Waals surface area contributed by atoms with Gasteiger partial charge in [-0.05, 0) is 12.8 Å². The zero-order valence-corrected chi connectivity index (χ0v) is 16.3. The number of amides is 1. The molecule has 29 heavy (non-hydrogen) atoms. The van der Waals surface area contributed by atoms with Crippen molar-refractivity contribution in [1.82, 2.24) is 20.3 Å². The lowest BCUT2D eigenvalue weighted by molar-refractivity contribution is 0.00170. The van der Waals surface area contributed by atoms with Crippen LogP contribution in [-0.4, -0.2) is 58.7 Å². The predicted molar refractivity (Wildman–Crippen MR) is 104 cm³/mol. The third kappa shape index (κ3) is 3.86. The van der Waals surface area contributed by atoms with E-state index in [4.69, 9.17) is 14.2 Å². The van der Waals surface area contributed by atoms with E-state index in [1.165, 1.54) is 6.42 Å². The minimum Gasteiger partial charge on any atom is -0.441 e. The molecule has 1 amide bonds. The van der Waals surface area contributed by atoms with Crippen LogP contribution < -0.4 is 5.32 Å². The molecule has 0 spiro atoms. The second-order valence-corrected chi connectivity index (χ2v) is 8.04. The minimum atomic E-state index is -0.397. The van der Waals surface area contributed by atoms with Gasteiger partial charge in [0.25, 0.3) is 0 Å². The molecule has 3 fully saturated rings. The van der Waals surface area contributed by atoms with E-state index in [9.17, 15) is 4.79 Å². The number of alkyl carbamates (subject to hydrolysis) is 1. The molecule has 2 aliphatic heterocycles. The molecule has 1 aromatic heterocycles. The highest BCUT2D eigenvalue weighted by Gasteiger charge is 2.50. The molecule has 8 nitrogen and oxygen atoms in total. The largest absolute Gasteiger partial charge is 0.441 e. The van der Waals surface area contributed by atoms with Crippen LogP contribution in [0.1, 0.15) is 38.1 Å². The Morgan fingerprint density at radius 1 is 1.07 bits per heavy atom. The second kappa shape index (κ2) is 8.12. The fourth-order valence-corrected chi connectivity index (χ4v) is 4.54. The van der Waals surface area contributed by atoms with Gasteiger partial charge < -0.3 is 19.5 Å². The van der Waals surface area contributed by atoms with Crippen molar-refractivity contribution >= 4 is 6.09 Å². The number of hydrogen-bond donors (Lipinski definition) is 1. The molecule has 3 aliphatic rings. The highest BCUT2D eigenvalue weighted by atomic mass is 16.6. The maximum Gasteiger partial charge on any atom is 0.407 e. The highest BCUT2D eigenvalue weighted by Crippen LogP contribution is 2.35. The summed E-state index contributed by atoms with van der Waals surface area (Å²) in [6.07, 6.45) is 6.29. The topological polar surface area (TPSA) is 87.5 Å². The minimum absolute atomic E-state index is 0.0834. The lowest BCUT2D eigenvalue weighted by Crippen LogP contribution is -2.41. The molecule has 5 rings (SSSR count). The number of nitrogens with zero attached hydrogens (tertiary/aromatic N) is 3. The monoisotopic (exact) mass is 398 g/mol. The van der Waals surface area contributed by atoms with Crippen LogP contribution in [0.3, 0.4) is 0 Å². The fourth-order valence-electron chi connectivity index (χ4n) is 4.54. The molecule has 0 unspecified atom stereocenters. The van der Waals surface area contributed by atoms with Gasteiger partial charge >= 0.3 is 6.09 Å². The van der Waals surface area contributed by atoms with Crippen LogP contribution in [0.2, 0.25) is 0 Å². The summed E-state index contributed by atoms with van der Waals surface area (Å²) in [6, 6.07) is 10.1. The molecular weight excluding hydrogens is 372 g/mol. The molecule has 3 heterocycles. The summed E-state index contributed by atoms with van der Waals surface area (Å²) in [5.74, 6) is 0. The lowest BCUT2D eigenvalue weighted by Gasteiger charge is -2.24. The van der Waals surface area contributed by atoms with Gasteiger partial charge in [-0.2, -0.15) is 0 Å². The van der Waals surface area contributed by atoms with Crippen LogP contribution in [-0.2, 0) is 14.2 Å². The van der Waals surface area contributed by atoms with E-state index in [0.717, 1.165) is 36.9 Å². The summed E-state index contributed by atoms with van der Waals surface area (Å²) in [4.78, 5) is 12.3. The number of fused-ring (bicyclic) bond motifs is 1. The average molecular weight is 398 g/mol. The Bertz CT molecular complexity index is 836. The first kappa shape index (κ1) is 18.6. The molecule has 8 heteroatoms. The number of rotatable bonds is 4. The van der Waals surface area contributed by atoms with Crippen LogP contribution in [0, 0.1) is 0 Å². The number of ether oxygens (including phenoxy) is 3. The number of benzene rings is 1. The van der Waals surface area contributed by atoms with Gasteiger partial charge in [-0.1, -0.05) is 54.8 Å². The molecule has 1 aromatic carbocycles. The summed E-state index contributed by atoms with van der Waals surface area (Å²) in [5.41, 5.74) is 1.83. The number of carbonyl (C=O) groups is 1. The van der Waals surface area contributed by atoms with Gasteiger partial charge in [0.1, 0.15) is 23.9 Å². The third-order valence-electron chi connectivity index (χ3n) is 6.09. The van der Waals surface area contributed by atoms with Crippen molar-refractivity contribution in [2.75, 3.05) is 13.2 Å². The molecule has 1 N–H and O–H groups in total. The quantitative estimate of drug-likeness (QED) is 0.852. The van der Waals surface area contributed by atoms with Crippen molar-refractivity contribution in [2.45, 2.75) is 62.5 Å². The first-order chi connectivity index (χ1) is 14.3. The Morgan fingerprint density at radius 2 is 1.86 bits per heavy atom. The van der Waals surface area contributed by atoms with E-state index in [0.29, 0.717) is 13.2 Å². The zero-order chi connectivity index (χ0) is 19.6. The Labute approximate surface area is 169 Å². The summed E-state index contributed by atoms with van der Waals surface area (Å²) in [7, 11) is 0. The van der Waals surface area contributed by atoms with E-state index in [2.05, 4.69) is 15.6 Å². The molecule has 0 bridgehead atoms. The van der Waals surface area contributed by atoms with Crippen LogP contribution in [0.4, 0.5) is 4.79 Å². The Hall–Kier alpha value is -2.45. The van der Waals surface area contributed by atoms with Gasteiger partial charge in [-0.15, -0.1) is 5.10 Å². The van der Waals surface area contributed by atoms with Crippen LogP contribution in [0.25, 0.3) is 11.3 Å². The number of aromatic nitrogens is 3. The molecule has 1 saturated carbocycles. The fraction of sp³-hybridized carbons (Fsp3) is 0.571. The second-order valence-electron chi connectivity index (χ2n) is 8.04. The summed E-state index contributed by atoms with van der Waals surface area (Å²) < 4.78 is 19.3. The SMILES string of the molecule is O=C(NC1CCCCC1)O[C@@H]1CO[C@H]2[C@H]1OC[C@H]2n1cc(-c2ccccc2)nn1. The van der Waals surface area contributed by atoms with Crippen molar-refractivity contribution in [2.24, 2.45) is 0 Å². The third-order valence-corrected chi connectivity index (χ3v) is 6.09. The standard InChI is InChI=1S/C21H26N4O4/c26-21(22-15-9-5-2-6-10-15)29-18-13-28-19-17(12-27-20(18)19)25-11-16(23-24-25)14-7-3-1-4-8-14/h1,3-4,7-8,11,15,17-20H,2,5-6,9-10,12-13H2,(H,22,26)/t17-,18-,19-,20+/m1/s1. The molecular formula is C21H26N4O4. The van der Waals surface area contributed by atoms with Crippen molar-refractivity contribution in [1.29, 1.82) is 0 Å². The highest BCUT2D eigenvalue weighted by molar-refractivity contribution is 5.68. The molecule has 2 aromatic rings. The van der Waals surface area contributed by atoms with Gasteiger partial charge in [-0.25, -0.2) is 9.48 Å². The van der Waals surface area contributed by atoms with E-state index >= 15 is 0 Å². The van der Waals surface area contributed by atoms with Crippen LogP contribution in [0.15, 0.2) is 36.5 Å². The van der Waals surface area contributed by atoms with E-state index in [-0.39, 0.29) is 30.4 Å². The van der Waals surface area contributed by atoms with Gasteiger partial charge in [0.05, 0.1) is 19.4 Å². The summed E-state index contributed by atoms with van der Waals surface area (Å²) >= 11 is 0. The molecule has 0 radical (unpaired) electrons. The maximum atomic E-state index is 12.3. The van der Waals surface area contributed by atoms with Gasteiger partial charge in [-0.3, -0.25) is 0 Å². The predicted octanol–water partition coefficient (Wildman–Crippen LogP) is 2.71. The van der Waals surface area contributed by atoms with Gasteiger partial charge in [0.2, 0.25) is 0 Å². The number of nitrogens with one attached hydrogen (secondary N) is 1. The number of hydrogen-bond acceptors (Lipinski definition) is 6. The van der Waals surface area contributed by atoms with Crippen LogP contribution in [0.5, 0.6) is 0 Å². The van der Waals surface area contributed by atoms with E-state index in [1.807, 2.05) is 36.5 Å². The van der Waals surface area contributed by atoms with Gasteiger partial charge in [0, 0.05) is 11.6 Å². The Balaban J connectivity index is 1.20. The molecule has 4 atom stereocenters. The lowest BCUT2D eigenvalue weighted by atomic mass is 9.96. The van der Waals surface area contributed by atoms with Crippen molar-refractivity contribution < 1.29 is 19.0 Å². The molecule has 1 aliphatic carbocycles. The molecule has 2 saturated heterocycles. The van der Waals surface area contributed by atoms with Gasteiger partial charge in [0.15, 0.2) is 6.10 Å². The first-order valence-electron chi connectivity index (χ1n) is 10.5. The van der Waals surface area contributed by atoms with E-state index in [1.54, 1.807) is 4.68 Å². The first-order valence-corrected chi connectivity index (χ1v) is 10.5. The molecule has 154 valence electrons. The van der Waals surface area contributed by atoms with Crippen molar-refractivity contribution in [3.05, 3.63) is 36.5 Å². The van der Waals surface area contributed by atoms with Crippen molar-refractivity contribution in [3.8, 4) is 11.3 Å². The smallest absolute Gasteiger partial charge is 0.407 e. The summed E-state index contributed by atoms with van der Waals surface area (Å²) in [6.45, 7) is 0.793. The summed E-state index contributed by atoms with van der Waals surface area (Å²) in [5, 5.41) is 11.6. The normalized spacial score (nSPS) is 29.5. The van der Waals surface area contributed by atoms with Crippen molar-refractivity contribution in [3.63, 3.8) is 0 Å².